The minimum atomic E-state index is -2.77. The second kappa shape index (κ2) is 28.0. The second-order valence-corrected chi connectivity index (χ2v) is 25.6. The van der Waals surface area contributed by atoms with E-state index in [1.54, 1.807) is 0 Å². The molecule has 7 aromatic carbocycles. The Bertz CT molecular complexity index is 3550. The lowest BCUT2D eigenvalue weighted by Crippen LogP contribution is -2.10. The van der Waals surface area contributed by atoms with E-state index in [-0.39, 0.29) is 46.7 Å². The molecule has 1 fully saturated rings. The minimum Gasteiger partial charge on any atom is -0.203 e. The predicted octanol–water partition coefficient (Wildman–Crippen LogP) is 22.9. The molecule has 0 amide bonds. The Morgan fingerprint density at radius 2 is 0.437 bits per heavy atom. The SMILES string of the molecule is CCSc1c(F)c(F)c(-c2c(F)c(F)c(Sc3cc(Sc4c(F)c(F)c(-c5c(F)c(F)c(SCC)c(F)c5F)c(F)c4F)cc(Sc4c(F)c(F)c(-c5c(F)c(F)c(SCC6CCCCCCCCC6)c(F)c5F)c(F)c4F)c3)c(F)c2F)c(F)c1F. The van der Waals surface area contributed by atoms with Crippen molar-refractivity contribution in [3.63, 3.8) is 0 Å². The molecule has 0 nitrogen and oxygen atoms in total. The van der Waals surface area contributed by atoms with Crippen LogP contribution in [0.25, 0.3) is 33.4 Å². The fourth-order valence-electron chi connectivity index (χ4n) is 9.26. The zero-order chi connectivity index (χ0) is 63.9. The molecule has 0 saturated heterocycles. The Morgan fingerprint density at radius 3 is 0.644 bits per heavy atom. The summed E-state index contributed by atoms with van der Waals surface area (Å²) < 4.78 is 376. The van der Waals surface area contributed by atoms with Crippen molar-refractivity contribution in [3.8, 4) is 33.4 Å². The third-order valence-corrected chi connectivity index (χ3v) is 19.6. The first-order valence-electron chi connectivity index (χ1n) is 25.4. The van der Waals surface area contributed by atoms with Crippen LogP contribution in [0.4, 0.5) is 105 Å². The van der Waals surface area contributed by atoms with Gasteiger partial charge >= 0.3 is 0 Å². The van der Waals surface area contributed by atoms with Gasteiger partial charge in [-0.15, -0.1) is 35.3 Å². The average Bonchev–Trinajstić information content (AvgIpc) is 0.965. The van der Waals surface area contributed by atoms with Gasteiger partial charge in [0.15, 0.2) is 140 Å². The van der Waals surface area contributed by atoms with E-state index in [1.165, 1.54) is 13.8 Å². The zero-order valence-electron chi connectivity index (χ0n) is 43.8. The van der Waals surface area contributed by atoms with Gasteiger partial charge in [-0.2, -0.15) is 0 Å². The van der Waals surface area contributed by atoms with Gasteiger partial charge in [-0.05, 0) is 48.5 Å². The first kappa shape index (κ1) is 67.9. The van der Waals surface area contributed by atoms with Crippen molar-refractivity contribution in [2.75, 3.05) is 17.3 Å². The van der Waals surface area contributed by atoms with Gasteiger partial charge in [-0.3, -0.25) is 0 Å². The molecule has 0 spiro atoms. The first-order valence-corrected chi connectivity index (χ1v) is 30.8. The molecule has 0 bridgehead atoms. The number of hydrogen-bond acceptors (Lipinski definition) is 6. The summed E-state index contributed by atoms with van der Waals surface area (Å²) in [7, 11) is 0. The summed E-state index contributed by atoms with van der Waals surface area (Å²) in [4.78, 5) is -12.8. The van der Waals surface area contributed by atoms with Gasteiger partial charge in [0.05, 0.1) is 62.8 Å². The lowest BCUT2D eigenvalue weighted by atomic mass is 9.94. The standard InChI is InChI=1S/C57H34F24S6/c1-3-82-52-40(70)28(58)22(29(59)41(52)71)25-34(64)46(76)55(47(77)35(25)65)85-19-14-20(86-56-48(78)36(66)26(37(67)49(56)79)23-30(60)42(72)53(83-4-2)43(73)31(23)61)16-21(15-19)87-57-50(80)38(68)27(39(69)51(57)81)24-32(62)44(74)54(45(75)33(24)63)84-17-18-12-10-8-6-5-7-9-11-13-18/h14-16,18H,3-13,17H2,1-2H3. The smallest absolute Gasteiger partial charge is 0.176 e. The highest BCUT2D eigenvalue weighted by atomic mass is 32.2. The van der Waals surface area contributed by atoms with Crippen molar-refractivity contribution in [3.05, 3.63) is 158 Å². The largest absolute Gasteiger partial charge is 0.203 e. The van der Waals surface area contributed by atoms with Gasteiger partial charge in [0, 0.05) is 20.4 Å². The topological polar surface area (TPSA) is 0 Å². The van der Waals surface area contributed by atoms with Crippen LogP contribution in [0.5, 0.6) is 0 Å². The maximum Gasteiger partial charge on any atom is 0.176 e. The number of hydrogen-bond donors (Lipinski definition) is 0. The highest BCUT2D eigenvalue weighted by Gasteiger charge is 2.39. The van der Waals surface area contributed by atoms with Gasteiger partial charge in [-0.25, -0.2) is 105 Å². The summed E-state index contributed by atoms with van der Waals surface area (Å²) in [6.07, 6.45) is 7.23. The van der Waals surface area contributed by atoms with E-state index in [1.807, 2.05) is 0 Å². The van der Waals surface area contributed by atoms with Crippen molar-refractivity contribution in [1.82, 2.24) is 0 Å². The zero-order valence-corrected chi connectivity index (χ0v) is 48.7. The summed E-state index contributed by atoms with van der Waals surface area (Å²) in [6.45, 7) is 2.53. The van der Waals surface area contributed by atoms with Crippen LogP contribution in [0.2, 0.25) is 0 Å². The van der Waals surface area contributed by atoms with E-state index in [0.717, 1.165) is 44.9 Å². The highest BCUT2D eigenvalue weighted by Crippen LogP contribution is 2.50. The molecule has 0 radical (unpaired) electrons. The quantitative estimate of drug-likeness (QED) is 0.0533. The third-order valence-electron chi connectivity index (χ3n) is 13.4. The van der Waals surface area contributed by atoms with Crippen LogP contribution in [0.3, 0.4) is 0 Å². The molecule has 87 heavy (non-hydrogen) atoms. The molecule has 7 aromatic rings. The van der Waals surface area contributed by atoms with Gasteiger partial charge in [0.2, 0.25) is 0 Å². The van der Waals surface area contributed by atoms with Crippen molar-refractivity contribution >= 4 is 70.6 Å². The lowest BCUT2D eigenvalue weighted by Gasteiger charge is -2.19. The van der Waals surface area contributed by atoms with Gasteiger partial charge in [0.1, 0.15) is 0 Å². The van der Waals surface area contributed by atoms with Crippen LogP contribution < -0.4 is 0 Å². The number of halogens is 24. The molecule has 30 heteroatoms. The van der Waals surface area contributed by atoms with Crippen molar-refractivity contribution in [2.24, 2.45) is 5.92 Å². The van der Waals surface area contributed by atoms with E-state index in [9.17, 15) is 17.6 Å². The number of thioether (sulfide) groups is 3. The highest BCUT2D eigenvalue weighted by molar-refractivity contribution is 8.01. The molecule has 0 aromatic heterocycles. The molecule has 0 N–H and O–H groups in total. The molecule has 0 heterocycles. The third kappa shape index (κ3) is 12.9. The van der Waals surface area contributed by atoms with Crippen LogP contribution in [-0.4, -0.2) is 17.3 Å². The normalized spacial score (nSPS) is 13.6. The van der Waals surface area contributed by atoms with Crippen LogP contribution in [-0.2, 0) is 0 Å². The summed E-state index contributed by atoms with van der Waals surface area (Å²) in [6, 6.07) is 1.26. The monoisotopic (exact) mass is 1370 g/mol. The van der Waals surface area contributed by atoms with Gasteiger partial charge in [0.25, 0.3) is 0 Å². The van der Waals surface area contributed by atoms with Crippen molar-refractivity contribution in [2.45, 2.75) is 116 Å². The molecule has 1 aliphatic carbocycles. The minimum absolute atomic E-state index is 0.0704. The molecule has 8 rings (SSSR count). The maximum absolute atomic E-state index is 16.2. The van der Waals surface area contributed by atoms with E-state index >= 15 is 87.8 Å². The molecule has 1 saturated carbocycles. The lowest BCUT2D eigenvalue weighted by molar-refractivity contribution is 0.412. The van der Waals surface area contributed by atoms with Crippen LogP contribution in [0.15, 0.2) is 62.3 Å². The first-order chi connectivity index (χ1) is 41.1. The molecule has 1 aliphatic rings. The predicted molar refractivity (Wildman–Crippen MR) is 282 cm³/mol. The van der Waals surface area contributed by atoms with Crippen LogP contribution in [0, 0.1) is 146 Å². The van der Waals surface area contributed by atoms with E-state index in [2.05, 4.69) is 0 Å². The summed E-state index contributed by atoms with van der Waals surface area (Å²) >= 11 is -1.04. The van der Waals surface area contributed by atoms with Crippen LogP contribution in [0.1, 0.15) is 71.6 Å². The Hall–Kier alpha value is -5.04. The van der Waals surface area contributed by atoms with E-state index in [4.69, 9.17) is 0 Å². The van der Waals surface area contributed by atoms with E-state index in [0.29, 0.717) is 42.8 Å². The molecule has 0 unspecified atom stereocenters. The maximum atomic E-state index is 16.2. The molecular weight excluding hydrogens is 1330 g/mol. The summed E-state index contributed by atoms with van der Waals surface area (Å²) in [5, 5.41) is 0. The Balaban J connectivity index is 1.25. The van der Waals surface area contributed by atoms with Crippen molar-refractivity contribution in [1.29, 1.82) is 0 Å². The molecule has 0 atom stereocenters. The van der Waals surface area contributed by atoms with Crippen LogP contribution >= 0.6 is 70.6 Å². The number of benzene rings is 7. The van der Waals surface area contributed by atoms with Crippen molar-refractivity contribution < 1.29 is 105 Å². The molecule has 0 aliphatic heterocycles. The van der Waals surface area contributed by atoms with E-state index < -0.39 is 252 Å². The second-order valence-electron chi connectivity index (χ2n) is 18.8. The Morgan fingerprint density at radius 1 is 0.253 bits per heavy atom. The Labute approximate surface area is 503 Å². The number of rotatable bonds is 16. The average molecular weight is 1370 g/mol. The van der Waals surface area contributed by atoms with Gasteiger partial charge in [-0.1, -0.05) is 94.1 Å². The fourth-order valence-corrected chi connectivity index (χ4v) is 15.0. The molecular formula is C57H34F24S6. The Kier molecular flexibility index (Phi) is 21.8. The van der Waals surface area contributed by atoms with Gasteiger partial charge < -0.3 is 0 Å². The molecule has 466 valence electrons. The summed E-state index contributed by atoms with van der Waals surface area (Å²) in [5.41, 5.74) is -14.0. The fraction of sp³-hybridized carbons (Fsp3) is 0.263. The summed E-state index contributed by atoms with van der Waals surface area (Å²) in [5.74, 6) is -61.8.